The van der Waals surface area contributed by atoms with Gasteiger partial charge in [-0.25, -0.2) is 18.9 Å². The van der Waals surface area contributed by atoms with E-state index in [1.807, 2.05) is 0 Å². The highest BCUT2D eigenvalue weighted by molar-refractivity contribution is 7.89. The average molecular weight is 429 g/mol. The van der Waals surface area contributed by atoms with Crippen molar-refractivity contribution in [2.75, 3.05) is 13.2 Å². The fraction of sp³-hybridized carbons (Fsp3) is 0.611. The number of nitrogens with zero attached hydrogens (tertiary/aromatic N) is 2. The van der Waals surface area contributed by atoms with Gasteiger partial charge in [-0.05, 0) is 38.3 Å². The Morgan fingerprint density at radius 2 is 2.14 bits per heavy atom. The Labute approximate surface area is 170 Å². The van der Waals surface area contributed by atoms with E-state index in [2.05, 4.69) is 10.5 Å². The molecule has 2 amide bonds. The van der Waals surface area contributed by atoms with E-state index in [1.165, 1.54) is 16.6 Å². The van der Waals surface area contributed by atoms with Gasteiger partial charge in [0.1, 0.15) is 0 Å². The molecule has 2 rings (SSSR count). The zero-order chi connectivity index (χ0) is 21.6. The van der Waals surface area contributed by atoms with Gasteiger partial charge in [0, 0.05) is 24.7 Å². The second kappa shape index (κ2) is 10.1. The average Bonchev–Trinajstić information content (AvgIpc) is 2.84. The van der Waals surface area contributed by atoms with Crippen molar-refractivity contribution in [1.29, 1.82) is 0 Å². The Kier molecular flexibility index (Phi) is 8.08. The number of sulfonamides is 1. The number of primary amides is 1. The second-order valence-electron chi connectivity index (χ2n) is 7.25. The summed E-state index contributed by atoms with van der Waals surface area (Å²) in [6.45, 7) is 3.25. The molecule has 0 saturated carbocycles. The van der Waals surface area contributed by atoms with Crippen LogP contribution < -0.4 is 11.2 Å². The number of nitrogens with one attached hydrogen (secondary N) is 1. The molecule has 2 heterocycles. The summed E-state index contributed by atoms with van der Waals surface area (Å²) in [5.41, 5.74) is 7.43. The maximum atomic E-state index is 12.9. The molecule has 1 aromatic rings. The zero-order valence-corrected chi connectivity index (χ0v) is 17.3. The molecule has 0 aliphatic carbocycles. The van der Waals surface area contributed by atoms with Crippen LogP contribution >= 0.6 is 0 Å². The number of amides is 2. The van der Waals surface area contributed by atoms with Crippen LogP contribution in [-0.4, -0.2) is 59.9 Å². The quantitative estimate of drug-likeness (QED) is 0.383. The first-order valence-corrected chi connectivity index (χ1v) is 10.9. The van der Waals surface area contributed by atoms with E-state index in [1.54, 1.807) is 26.0 Å². The molecule has 1 fully saturated rings. The van der Waals surface area contributed by atoms with E-state index >= 15 is 0 Å². The predicted octanol–water partition coefficient (Wildman–Crippen LogP) is -0.209. The Hall–Kier alpha value is -2.08. The van der Waals surface area contributed by atoms with Crippen molar-refractivity contribution in [2.24, 2.45) is 17.6 Å². The molecule has 11 heteroatoms. The number of β-amino-alcohol motifs (C(OH)–C–C–N with tert-alkyl or cyclic N) is 1. The molecule has 1 aliphatic heterocycles. The minimum Gasteiger partial charge on any atom is -0.391 e. The predicted molar refractivity (Wildman–Crippen MR) is 103 cm³/mol. The Balaban J connectivity index is 1.99. The maximum absolute atomic E-state index is 12.9. The van der Waals surface area contributed by atoms with Crippen LogP contribution in [0.1, 0.15) is 33.1 Å². The van der Waals surface area contributed by atoms with E-state index in [-0.39, 0.29) is 24.1 Å². The molecule has 29 heavy (non-hydrogen) atoms. The van der Waals surface area contributed by atoms with Crippen molar-refractivity contribution in [1.82, 2.24) is 14.8 Å². The molecule has 10 nitrogen and oxygen atoms in total. The molecule has 1 saturated heterocycles. The summed E-state index contributed by atoms with van der Waals surface area (Å²) in [7, 11) is -3.90. The van der Waals surface area contributed by atoms with Gasteiger partial charge in [0.25, 0.3) is 10.0 Å². The molecule has 0 radical (unpaired) electrons. The number of aliphatic hydroxyl groups is 1. The number of aliphatic hydroxyl groups excluding tert-OH is 1. The first-order chi connectivity index (χ1) is 13.6. The summed E-state index contributed by atoms with van der Waals surface area (Å²) in [5, 5.41) is 10.4. The maximum Gasteiger partial charge on any atom is 0.260 e. The molecule has 1 aliphatic rings. The molecule has 0 spiro atoms. The lowest BCUT2D eigenvalue weighted by Crippen LogP contribution is -2.45. The van der Waals surface area contributed by atoms with E-state index in [0.29, 0.717) is 19.3 Å². The Morgan fingerprint density at radius 1 is 1.41 bits per heavy atom. The lowest BCUT2D eigenvalue weighted by Gasteiger charge is -2.27. The third kappa shape index (κ3) is 5.95. The van der Waals surface area contributed by atoms with E-state index < -0.39 is 39.9 Å². The molecular formula is C18H28N4O6S. The molecule has 4 N–H and O–H groups in total. The molecule has 0 aromatic carbocycles. The molecule has 0 unspecified atom stereocenters. The number of aromatic nitrogens is 1. The number of nitrogens with two attached hydrogens (primary N) is 1. The standard InChI is InChI=1S/C18H28N4O6S/c1-12(17(19)24)8-10-28-21-18(25)14-7-6-13(2)22(11-15(14)23)29(26,27)16-5-3-4-9-20-16/h3-5,9,12-15,23H,6-8,10-11H2,1-2H3,(H2,19,24)(H,21,25)/t12-,13+,14-,15-/m1/s1. The van der Waals surface area contributed by atoms with Crippen LogP contribution in [0.3, 0.4) is 0 Å². The lowest BCUT2D eigenvalue weighted by atomic mass is 9.96. The number of hydroxylamine groups is 1. The third-order valence-electron chi connectivity index (χ3n) is 5.08. The fourth-order valence-corrected chi connectivity index (χ4v) is 4.70. The summed E-state index contributed by atoms with van der Waals surface area (Å²) < 4.78 is 27.0. The van der Waals surface area contributed by atoms with Crippen LogP contribution in [0, 0.1) is 11.8 Å². The Morgan fingerprint density at radius 3 is 2.76 bits per heavy atom. The molecule has 162 valence electrons. The van der Waals surface area contributed by atoms with E-state index in [4.69, 9.17) is 10.6 Å². The van der Waals surface area contributed by atoms with Crippen molar-refractivity contribution in [2.45, 2.75) is 50.3 Å². The van der Waals surface area contributed by atoms with E-state index in [0.717, 1.165) is 0 Å². The fourth-order valence-electron chi connectivity index (χ4n) is 3.09. The van der Waals surface area contributed by atoms with Gasteiger partial charge in [-0.3, -0.25) is 14.4 Å². The molecule has 4 atom stereocenters. The number of carbonyl (C=O) groups is 2. The number of hydrogen-bond donors (Lipinski definition) is 3. The van der Waals surface area contributed by atoms with Gasteiger partial charge in [0.05, 0.1) is 18.6 Å². The summed E-state index contributed by atoms with van der Waals surface area (Å²) >= 11 is 0. The minimum atomic E-state index is -3.90. The third-order valence-corrected chi connectivity index (χ3v) is 6.97. The number of hydrogen-bond acceptors (Lipinski definition) is 7. The van der Waals surface area contributed by atoms with Gasteiger partial charge in [-0.1, -0.05) is 13.0 Å². The van der Waals surface area contributed by atoms with Crippen molar-refractivity contribution in [3.63, 3.8) is 0 Å². The van der Waals surface area contributed by atoms with Crippen LogP contribution in [0.15, 0.2) is 29.4 Å². The monoisotopic (exact) mass is 428 g/mol. The summed E-state index contributed by atoms with van der Waals surface area (Å²) in [4.78, 5) is 32.4. The van der Waals surface area contributed by atoms with Gasteiger partial charge >= 0.3 is 0 Å². The number of rotatable bonds is 8. The van der Waals surface area contributed by atoms with Gasteiger partial charge in [-0.2, -0.15) is 4.31 Å². The summed E-state index contributed by atoms with van der Waals surface area (Å²) in [6, 6.07) is 4.17. The SMILES string of the molecule is C[C@H](CCONC(=O)[C@@H]1CC[C@H](C)N(S(=O)(=O)c2ccccn2)C[C@H]1O)C(N)=O. The van der Waals surface area contributed by atoms with Crippen LogP contribution in [0.2, 0.25) is 0 Å². The van der Waals surface area contributed by atoms with Gasteiger partial charge in [0.15, 0.2) is 5.03 Å². The summed E-state index contributed by atoms with van der Waals surface area (Å²) in [6.07, 6.45) is 1.21. The van der Waals surface area contributed by atoms with Gasteiger partial charge < -0.3 is 10.8 Å². The van der Waals surface area contributed by atoms with E-state index in [9.17, 15) is 23.1 Å². The second-order valence-corrected chi connectivity index (χ2v) is 9.09. The van der Waals surface area contributed by atoms with Crippen LogP contribution in [0.25, 0.3) is 0 Å². The van der Waals surface area contributed by atoms with Crippen molar-refractivity contribution >= 4 is 21.8 Å². The number of pyridine rings is 1. The molecule has 0 bridgehead atoms. The minimum absolute atomic E-state index is 0.0925. The van der Waals surface area contributed by atoms with Gasteiger partial charge in [-0.15, -0.1) is 0 Å². The smallest absolute Gasteiger partial charge is 0.260 e. The normalized spacial score (nSPS) is 24.4. The Bertz CT molecular complexity index is 804. The lowest BCUT2D eigenvalue weighted by molar-refractivity contribution is -0.142. The largest absolute Gasteiger partial charge is 0.391 e. The van der Waals surface area contributed by atoms with Gasteiger partial charge in [0.2, 0.25) is 11.8 Å². The van der Waals surface area contributed by atoms with Crippen LogP contribution in [-0.2, 0) is 24.4 Å². The highest BCUT2D eigenvalue weighted by Crippen LogP contribution is 2.27. The van der Waals surface area contributed by atoms with Crippen molar-refractivity contribution < 1.29 is 28.0 Å². The highest BCUT2D eigenvalue weighted by Gasteiger charge is 2.39. The molecular weight excluding hydrogens is 400 g/mol. The van der Waals surface area contributed by atoms with Crippen molar-refractivity contribution in [3.05, 3.63) is 24.4 Å². The van der Waals surface area contributed by atoms with Crippen molar-refractivity contribution in [3.8, 4) is 0 Å². The molecule has 1 aromatic heterocycles. The highest BCUT2D eigenvalue weighted by atomic mass is 32.2. The number of carbonyl (C=O) groups excluding carboxylic acids is 2. The zero-order valence-electron chi connectivity index (χ0n) is 16.5. The first-order valence-electron chi connectivity index (χ1n) is 9.46. The first kappa shape index (κ1) is 23.2. The van der Waals surface area contributed by atoms with Crippen LogP contribution in [0.5, 0.6) is 0 Å². The summed E-state index contributed by atoms with van der Waals surface area (Å²) in [5.74, 6) is -2.20. The topological polar surface area (TPSA) is 152 Å². The van der Waals surface area contributed by atoms with Crippen LogP contribution in [0.4, 0.5) is 0 Å².